The molecule has 11 heteroatoms. The smallest absolute Gasteiger partial charge is 0.322 e. The van der Waals surface area contributed by atoms with Crippen molar-refractivity contribution in [3.05, 3.63) is 95.4 Å². The van der Waals surface area contributed by atoms with Gasteiger partial charge in [0.2, 0.25) is 16.1 Å². The fourth-order valence-corrected chi connectivity index (χ4v) is 5.75. The highest BCUT2D eigenvalue weighted by atomic mass is 32.2. The van der Waals surface area contributed by atoms with Gasteiger partial charge in [-0.2, -0.15) is 4.31 Å². The van der Waals surface area contributed by atoms with Crippen LogP contribution in [0.3, 0.4) is 0 Å². The number of anilines is 1. The minimum atomic E-state index is -3.70. The molecule has 1 aromatic heterocycles. The molecule has 2 aliphatic rings. The second-order valence-electron chi connectivity index (χ2n) is 8.65. The van der Waals surface area contributed by atoms with Gasteiger partial charge in [0.1, 0.15) is 6.61 Å². The molecule has 0 bridgehead atoms. The van der Waals surface area contributed by atoms with Gasteiger partial charge in [-0.15, -0.1) is 5.10 Å². The van der Waals surface area contributed by atoms with Crippen molar-refractivity contribution in [1.29, 1.82) is 0 Å². The van der Waals surface area contributed by atoms with E-state index in [2.05, 4.69) is 15.5 Å². The molecule has 3 heterocycles. The van der Waals surface area contributed by atoms with Crippen molar-refractivity contribution in [2.45, 2.75) is 24.0 Å². The second-order valence-corrected chi connectivity index (χ2v) is 10.6. The molecule has 4 aromatic rings. The molecule has 6 rings (SSSR count). The number of hydrogen-bond acceptors (Lipinski definition) is 8. The van der Waals surface area contributed by atoms with E-state index in [1.807, 2.05) is 36.4 Å². The lowest BCUT2D eigenvalue weighted by Crippen LogP contribution is -2.35. The van der Waals surface area contributed by atoms with Crippen molar-refractivity contribution in [3.63, 3.8) is 0 Å². The van der Waals surface area contributed by atoms with Crippen molar-refractivity contribution in [3.8, 4) is 11.5 Å². The van der Waals surface area contributed by atoms with E-state index in [9.17, 15) is 13.2 Å². The molecule has 1 N–H and O–H groups in total. The maximum atomic E-state index is 13.2. The van der Waals surface area contributed by atoms with Crippen LogP contribution in [0.2, 0.25) is 0 Å². The maximum Gasteiger partial charge on any atom is 0.322 e. The minimum absolute atomic E-state index is 0.105. The highest BCUT2D eigenvalue weighted by Gasteiger charge is 2.29. The van der Waals surface area contributed by atoms with Crippen molar-refractivity contribution in [2.24, 2.45) is 0 Å². The van der Waals surface area contributed by atoms with Gasteiger partial charge >= 0.3 is 6.01 Å². The van der Waals surface area contributed by atoms with Crippen molar-refractivity contribution >= 4 is 21.9 Å². The van der Waals surface area contributed by atoms with Gasteiger partial charge in [0.05, 0.1) is 4.90 Å². The molecule has 1 amide bonds. The summed E-state index contributed by atoms with van der Waals surface area (Å²) in [6, 6.07) is 20.7. The number of sulfonamides is 1. The topological polar surface area (TPSA) is 124 Å². The monoisotopic (exact) mass is 518 g/mol. The number of rotatable bonds is 5. The summed E-state index contributed by atoms with van der Waals surface area (Å²) in [5, 5.41) is 10.3. The predicted octanol–water partition coefficient (Wildman–Crippen LogP) is 3.58. The van der Waals surface area contributed by atoms with Gasteiger partial charge in [0, 0.05) is 18.7 Å². The summed E-state index contributed by atoms with van der Waals surface area (Å²) in [6.45, 7) is 0.912. The van der Waals surface area contributed by atoms with E-state index in [-0.39, 0.29) is 29.0 Å². The molecule has 37 heavy (non-hydrogen) atoms. The molecule has 0 spiro atoms. The first-order chi connectivity index (χ1) is 18.0. The number of nitrogens with one attached hydrogen (secondary N) is 1. The van der Waals surface area contributed by atoms with Crippen molar-refractivity contribution in [2.75, 3.05) is 18.5 Å². The van der Waals surface area contributed by atoms with Crippen LogP contribution in [0.5, 0.6) is 11.5 Å². The zero-order valence-electron chi connectivity index (χ0n) is 19.5. The van der Waals surface area contributed by atoms with E-state index in [0.717, 1.165) is 11.1 Å². The van der Waals surface area contributed by atoms with Crippen molar-refractivity contribution in [1.82, 2.24) is 14.5 Å². The zero-order chi connectivity index (χ0) is 25.4. The highest BCUT2D eigenvalue weighted by molar-refractivity contribution is 7.89. The van der Waals surface area contributed by atoms with Crippen LogP contribution < -0.4 is 14.8 Å². The van der Waals surface area contributed by atoms with Gasteiger partial charge in [0.25, 0.3) is 11.8 Å². The van der Waals surface area contributed by atoms with Crippen LogP contribution in [0, 0.1) is 0 Å². The van der Waals surface area contributed by atoms with Gasteiger partial charge in [-0.3, -0.25) is 10.1 Å². The van der Waals surface area contributed by atoms with Crippen LogP contribution >= 0.6 is 0 Å². The summed E-state index contributed by atoms with van der Waals surface area (Å²) in [5.41, 5.74) is 2.41. The van der Waals surface area contributed by atoms with E-state index >= 15 is 0 Å². The second kappa shape index (κ2) is 9.34. The molecular formula is C26H22N4O6S. The molecule has 0 unspecified atom stereocenters. The molecule has 0 radical (unpaired) electrons. The molecule has 0 fully saturated rings. The fraction of sp³-hybridized carbons (Fsp3) is 0.192. The number of benzene rings is 3. The van der Waals surface area contributed by atoms with Gasteiger partial charge in [-0.05, 0) is 53.9 Å². The minimum Gasteiger partial charge on any atom is -0.485 e. The summed E-state index contributed by atoms with van der Waals surface area (Å²) in [5.74, 6) is 0.834. The number of carbonyl (C=O) groups is 1. The van der Waals surface area contributed by atoms with E-state index in [4.69, 9.17) is 13.9 Å². The first-order valence-corrected chi connectivity index (χ1v) is 13.1. The average Bonchev–Trinajstić information content (AvgIpc) is 3.41. The van der Waals surface area contributed by atoms with E-state index < -0.39 is 22.0 Å². The molecule has 2 aliphatic heterocycles. The molecule has 0 saturated heterocycles. The zero-order valence-corrected chi connectivity index (χ0v) is 20.3. The SMILES string of the molecule is O=C(Nc1nnc([C@@H]2COc3ccccc3O2)o1)c1ccc(S(=O)(=O)N2CCc3ccccc3C2)cc1. The van der Waals surface area contributed by atoms with Crippen LogP contribution in [0.1, 0.15) is 33.5 Å². The molecule has 3 aromatic carbocycles. The number of amides is 1. The Morgan fingerprint density at radius 1 is 0.919 bits per heavy atom. The molecule has 0 aliphatic carbocycles. The normalized spacial score (nSPS) is 17.1. The summed E-state index contributed by atoms with van der Waals surface area (Å²) in [7, 11) is -3.70. The Bertz CT molecular complexity index is 1570. The lowest BCUT2D eigenvalue weighted by molar-refractivity contribution is 0.0716. The third kappa shape index (κ3) is 4.54. The summed E-state index contributed by atoms with van der Waals surface area (Å²) < 4.78 is 44.8. The number of ether oxygens (including phenoxy) is 2. The quantitative estimate of drug-likeness (QED) is 0.425. The largest absolute Gasteiger partial charge is 0.485 e. The molecular weight excluding hydrogens is 496 g/mol. The maximum absolute atomic E-state index is 13.2. The average molecular weight is 519 g/mol. The highest BCUT2D eigenvalue weighted by Crippen LogP contribution is 2.35. The Labute approximate surface area is 212 Å². The molecule has 10 nitrogen and oxygen atoms in total. The predicted molar refractivity (Wildman–Crippen MR) is 132 cm³/mol. The van der Waals surface area contributed by atoms with Gasteiger partial charge < -0.3 is 13.9 Å². The van der Waals surface area contributed by atoms with Crippen LogP contribution in [0.25, 0.3) is 0 Å². The number of carbonyl (C=O) groups excluding carboxylic acids is 1. The summed E-state index contributed by atoms with van der Waals surface area (Å²) in [4.78, 5) is 12.8. The molecule has 1 atom stereocenters. The summed E-state index contributed by atoms with van der Waals surface area (Å²) in [6.07, 6.45) is 0.0476. The third-order valence-corrected chi connectivity index (χ3v) is 8.15. The Morgan fingerprint density at radius 3 is 2.46 bits per heavy atom. The van der Waals surface area contributed by atoms with E-state index in [1.54, 1.807) is 12.1 Å². The Kier molecular flexibility index (Phi) is 5.85. The van der Waals surface area contributed by atoms with Crippen LogP contribution in [-0.2, 0) is 23.0 Å². The Balaban J connectivity index is 1.11. The number of aromatic nitrogens is 2. The molecule has 0 saturated carbocycles. The van der Waals surface area contributed by atoms with Gasteiger partial charge in [-0.1, -0.05) is 41.5 Å². The van der Waals surface area contributed by atoms with Crippen LogP contribution in [0.4, 0.5) is 6.01 Å². The van der Waals surface area contributed by atoms with E-state index in [1.165, 1.54) is 28.6 Å². The van der Waals surface area contributed by atoms with Gasteiger partial charge in [0.15, 0.2) is 11.5 Å². The Morgan fingerprint density at radius 2 is 1.65 bits per heavy atom. The number of nitrogens with zero attached hydrogens (tertiary/aromatic N) is 3. The Hall–Kier alpha value is -4.22. The lowest BCUT2D eigenvalue weighted by Gasteiger charge is -2.28. The standard InChI is InChI=1S/C26H22N4O6S/c31-24(27-26-29-28-25(36-26)23-16-34-21-7-3-4-8-22(21)35-23)18-9-11-20(12-10-18)37(32,33)30-14-13-17-5-1-2-6-19(17)15-30/h1-12,23H,13-16H2,(H,27,29,31)/t23-/m0/s1. The molecule has 188 valence electrons. The fourth-order valence-electron chi connectivity index (χ4n) is 4.33. The van der Waals surface area contributed by atoms with Crippen LogP contribution in [0.15, 0.2) is 82.1 Å². The van der Waals surface area contributed by atoms with Gasteiger partial charge in [-0.25, -0.2) is 8.42 Å². The van der Waals surface area contributed by atoms with E-state index in [0.29, 0.717) is 31.0 Å². The van der Waals surface area contributed by atoms with Crippen molar-refractivity contribution < 1.29 is 27.1 Å². The first kappa shape index (κ1) is 23.2. The first-order valence-electron chi connectivity index (χ1n) is 11.7. The number of fused-ring (bicyclic) bond motifs is 2. The number of hydrogen-bond donors (Lipinski definition) is 1. The number of para-hydroxylation sites is 2. The lowest BCUT2D eigenvalue weighted by atomic mass is 10.0. The third-order valence-electron chi connectivity index (χ3n) is 6.30. The summed E-state index contributed by atoms with van der Waals surface area (Å²) >= 11 is 0. The van der Waals surface area contributed by atoms with Crippen LogP contribution in [-0.4, -0.2) is 42.0 Å².